The molecule has 0 heterocycles. The van der Waals surface area contributed by atoms with Gasteiger partial charge in [-0.25, -0.2) is 0 Å². The molecule has 1 aromatic carbocycles. The molecule has 1 saturated carbocycles. The second kappa shape index (κ2) is 9.69. The van der Waals surface area contributed by atoms with E-state index in [0.717, 1.165) is 48.8 Å². The van der Waals surface area contributed by atoms with Gasteiger partial charge in [-0.15, -0.1) is 24.0 Å². The molecule has 0 aromatic heterocycles. The summed E-state index contributed by atoms with van der Waals surface area (Å²) in [7, 11) is 0. The SMILES string of the molecule is CCNC(=NCC1(O)CCCC1)NC(C)c1cccc(Cl)c1.I. The van der Waals surface area contributed by atoms with E-state index in [1.54, 1.807) is 0 Å². The number of benzene rings is 1. The predicted octanol–water partition coefficient (Wildman–Crippen LogP) is 3.88. The Balaban J connectivity index is 0.00000264. The monoisotopic (exact) mass is 451 g/mol. The van der Waals surface area contributed by atoms with Crippen LogP contribution in [-0.2, 0) is 0 Å². The molecule has 1 aromatic rings. The summed E-state index contributed by atoms with van der Waals surface area (Å²) in [5.74, 6) is 0.732. The molecule has 0 saturated heterocycles. The second-order valence-corrected chi connectivity index (χ2v) is 6.48. The lowest BCUT2D eigenvalue weighted by Crippen LogP contribution is -2.40. The number of nitrogens with zero attached hydrogens (tertiary/aromatic N) is 1. The van der Waals surface area contributed by atoms with Crippen molar-refractivity contribution in [2.75, 3.05) is 13.1 Å². The van der Waals surface area contributed by atoms with Crippen LogP contribution in [0.2, 0.25) is 5.02 Å². The lowest BCUT2D eigenvalue weighted by molar-refractivity contribution is 0.0574. The summed E-state index contributed by atoms with van der Waals surface area (Å²) in [6.45, 7) is 5.34. The summed E-state index contributed by atoms with van der Waals surface area (Å²) in [5, 5.41) is 17.8. The maximum atomic E-state index is 10.4. The van der Waals surface area contributed by atoms with Crippen molar-refractivity contribution in [2.45, 2.75) is 51.2 Å². The third-order valence-electron chi connectivity index (χ3n) is 4.11. The number of hydrogen-bond donors (Lipinski definition) is 3. The first-order valence-corrected chi connectivity index (χ1v) is 8.43. The molecule has 1 unspecified atom stereocenters. The molecule has 2 rings (SSSR count). The topological polar surface area (TPSA) is 56.7 Å². The largest absolute Gasteiger partial charge is 0.388 e. The fourth-order valence-electron chi connectivity index (χ4n) is 2.80. The minimum absolute atomic E-state index is 0. The molecule has 1 atom stereocenters. The van der Waals surface area contributed by atoms with Gasteiger partial charge in [-0.2, -0.15) is 0 Å². The van der Waals surface area contributed by atoms with Crippen molar-refractivity contribution in [3.63, 3.8) is 0 Å². The Bertz CT molecular complexity index is 518. The Morgan fingerprint density at radius 1 is 1.39 bits per heavy atom. The average Bonchev–Trinajstić information content (AvgIpc) is 2.92. The molecule has 3 N–H and O–H groups in total. The van der Waals surface area contributed by atoms with E-state index in [0.29, 0.717) is 6.54 Å². The summed E-state index contributed by atoms with van der Waals surface area (Å²) >= 11 is 6.05. The number of guanidine groups is 1. The molecule has 0 aliphatic heterocycles. The summed E-state index contributed by atoms with van der Waals surface area (Å²) in [6.07, 6.45) is 3.88. The standard InChI is InChI=1S/C17H26ClN3O.HI/c1-3-19-16(20-12-17(22)9-4-5-10-17)21-13(2)14-7-6-8-15(18)11-14;/h6-8,11,13,22H,3-5,9-10,12H2,1-2H3,(H2,19,20,21);1H. The maximum absolute atomic E-state index is 10.4. The quantitative estimate of drug-likeness (QED) is 0.362. The molecule has 0 spiro atoms. The van der Waals surface area contributed by atoms with E-state index < -0.39 is 5.60 Å². The van der Waals surface area contributed by atoms with Crippen molar-refractivity contribution in [2.24, 2.45) is 4.99 Å². The molecule has 1 aliphatic rings. The van der Waals surface area contributed by atoms with Crippen molar-refractivity contribution in [3.8, 4) is 0 Å². The van der Waals surface area contributed by atoms with Gasteiger partial charge in [-0.05, 0) is 44.4 Å². The van der Waals surface area contributed by atoms with E-state index in [-0.39, 0.29) is 30.0 Å². The summed E-state index contributed by atoms with van der Waals surface area (Å²) in [5.41, 5.74) is 0.486. The molecule has 6 heteroatoms. The van der Waals surface area contributed by atoms with Gasteiger partial charge in [0.25, 0.3) is 0 Å². The van der Waals surface area contributed by atoms with Gasteiger partial charge in [0.15, 0.2) is 5.96 Å². The van der Waals surface area contributed by atoms with E-state index in [2.05, 4.69) is 22.5 Å². The molecule has 0 amide bonds. The minimum atomic E-state index is -0.623. The van der Waals surface area contributed by atoms with Crippen LogP contribution in [-0.4, -0.2) is 29.8 Å². The number of rotatable bonds is 5. The Kier molecular flexibility index (Phi) is 8.64. The van der Waals surface area contributed by atoms with Crippen LogP contribution in [0.4, 0.5) is 0 Å². The lowest BCUT2D eigenvalue weighted by Gasteiger charge is -2.22. The highest BCUT2D eigenvalue weighted by molar-refractivity contribution is 14.0. The molecule has 130 valence electrons. The molecule has 0 bridgehead atoms. The first kappa shape index (κ1) is 20.5. The first-order valence-electron chi connectivity index (χ1n) is 8.05. The molecule has 1 fully saturated rings. The second-order valence-electron chi connectivity index (χ2n) is 6.05. The Morgan fingerprint density at radius 3 is 2.70 bits per heavy atom. The van der Waals surface area contributed by atoms with Crippen LogP contribution in [0.1, 0.15) is 51.1 Å². The first-order chi connectivity index (χ1) is 10.5. The van der Waals surface area contributed by atoms with Crippen molar-refractivity contribution in [1.29, 1.82) is 0 Å². The lowest BCUT2D eigenvalue weighted by atomic mass is 10.0. The fraction of sp³-hybridized carbons (Fsp3) is 0.588. The van der Waals surface area contributed by atoms with Crippen molar-refractivity contribution < 1.29 is 5.11 Å². The molecule has 4 nitrogen and oxygen atoms in total. The van der Waals surface area contributed by atoms with E-state index in [1.807, 2.05) is 31.2 Å². The van der Waals surface area contributed by atoms with Crippen molar-refractivity contribution in [1.82, 2.24) is 10.6 Å². The number of nitrogens with one attached hydrogen (secondary N) is 2. The highest BCUT2D eigenvalue weighted by atomic mass is 127. The maximum Gasteiger partial charge on any atom is 0.191 e. The van der Waals surface area contributed by atoms with Gasteiger partial charge < -0.3 is 15.7 Å². The van der Waals surface area contributed by atoms with Crippen LogP contribution >= 0.6 is 35.6 Å². The third-order valence-corrected chi connectivity index (χ3v) is 4.35. The van der Waals surface area contributed by atoms with E-state index in [9.17, 15) is 5.11 Å². The average molecular weight is 452 g/mol. The van der Waals surface area contributed by atoms with Crippen LogP contribution < -0.4 is 10.6 Å². The molecular formula is C17H27ClIN3O. The van der Waals surface area contributed by atoms with Gasteiger partial charge >= 0.3 is 0 Å². The Morgan fingerprint density at radius 2 is 2.09 bits per heavy atom. The third kappa shape index (κ3) is 6.47. The molecule has 23 heavy (non-hydrogen) atoms. The predicted molar refractivity (Wildman–Crippen MR) is 108 cm³/mol. The normalized spacial score (nSPS) is 18.2. The summed E-state index contributed by atoms with van der Waals surface area (Å²) in [6, 6.07) is 7.90. The molecular weight excluding hydrogens is 425 g/mol. The van der Waals surface area contributed by atoms with Crippen LogP contribution in [0.3, 0.4) is 0 Å². The highest BCUT2D eigenvalue weighted by Crippen LogP contribution is 2.29. The van der Waals surface area contributed by atoms with Gasteiger partial charge in [0.1, 0.15) is 0 Å². The molecule has 0 radical (unpaired) electrons. The number of aliphatic imine (C=N–C) groups is 1. The van der Waals surface area contributed by atoms with Gasteiger partial charge in [0, 0.05) is 11.6 Å². The summed E-state index contributed by atoms with van der Waals surface area (Å²) < 4.78 is 0. The Hall–Kier alpha value is -0.530. The van der Waals surface area contributed by atoms with Gasteiger partial charge in [0.05, 0.1) is 18.2 Å². The summed E-state index contributed by atoms with van der Waals surface area (Å²) in [4.78, 5) is 4.57. The minimum Gasteiger partial charge on any atom is -0.388 e. The van der Waals surface area contributed by atoms with E-state index in [4.69, 9.17) is 11.6 Å². The van der Waals surface area contributed by atoms with Crippen molar-refractivity contribution >= 4 is 41.5 Å². The van der Waals surface area contributed by atoms with Gasteiger partial charge in [0.2, 0.25) is 0 Å². The van der Waals surface area contributed by atoms with E-state index in [1.165, 1.54) is 0 Å². The van der Waals surface area contributed by atoms with Crippen LogP contribution in [0.25, 0.3) is 0 Å². The van der Waals surface area contributed by atoms with Crippen LogP contribution in [0.15, 0.2) is 29.3 Å². The number of hydrogen-bond acceptors (Lipinski definition) is 2. The zero-order valence-electron chi connectivity index (χ0n) is 13.8. The van der Waals surface area contributed by atoms with Crippen LogP contribution in [0.5, 0.6) is 0 Å². The fourth-order valence-corrected chi connectivity index (χ4v) is 3.00. The van der Waals surface area contributed by atoms with Gasteiger partial charge in [-0.1, -0.05) is 36.6 Å². The highest BCUT2D eigenvalue weighted by Gasteiger charge is 2.30. The van der Waals surface area contributed by atoms with Crippen LogP contribution in [0, 0.1) is 0 Å². The smallest absolute Gasteiger partial charge is 0.191 e. The zero-order valence-corrected chi connectivity index (χ0v) is 16.9. The van der Waals surface area contributed by atoms with E-state index >= 15 is 0 Å². The zero-order chi connectivity index (χ0) is 16.0. The number of aliphatic hydroxyl groups is 1. The Labute approximate surface area is 161 Å². The molecule has 1 aliphatic carbocycles. The van der Waals surface area contributed by atoms with Crippen molar-refractivity contribution in [3.05, 3.63) is 34.9 Å². The van der Waals surface area contributed by atoms with Gasteiger partial charge in [-0.3, -0.25) is 4.99 Å². The number of halogens is 2.